The smallest absolute Gasteiger partial charge is 0.172 e. The highest BCUT2D eigenvalue weighted by molar-refractivity contribution is 6.26. The van der Waals surface area contributed by atoms with Crippen LogP contribution in [0.4, 0.5) is 5.69 Å². The van der Waals surface area contributed by atoms with Gasteiger partial charge in [-0.05, 0) is 31.9 Å². The molecule has 0 bridgehead atoms. The molecule has 80 valence electrons. The number of benzene rings is 1. The molecular weight excluding hydrogens is 188 g/mol. The van der Waals surface area contributed by atoms with E-state index in [9.17, 15) is 4.79 Å². The maximum absolute atomic E-state index is 10.7. The molecule has 0 saturated heterocycles. The molecule has 0 heterocycles. The van der Waals surface area contributed by atoms with E-state index in [2.05, 4.69) is 29.6 Å². The Morgan fingerprint density at radius 3 is 2.27 bits per heavy atom. The first-order valence-corrected chi connectivity index (χ1v) is 4.88. The van der Waals surface area contributed by atoms with Gasteiger partial charge in [-0.25, -0.2) is 0 Å². The van der Waals surface area contributed by atoms with Gasteiger partial charge in [0.15, 0.2) is 5.78 Å². The molecule has 0 aromatic heterocycles. The van der Waals surface area contributed by atoms with Crippen LogP contribution < -0.4 is 5.43 Å². The standard InChI is InChI=1S/C12H16N2O/c1-8-5-9(2)12(10(3)6-8)14-13-7-11(4)15/h5-7,14H,1-4H3. The highest BCUT2D eigenvalue weighted by atomic mass is 16.1. The minimum Gasteiger partial charge on any atom is -0.293 e. The Balaban J connectivity index is 2.90. The van der Waals surface area contributed by atoms with Crippen LogP contribution >= 0.6 is 0 Å². The quantitative estimate of drug-likeness (QED) is 0.607. The number of hydrogen-bond donors (Lipinski definition) is 1. The number of ketones is 1. The van der Waals surface area contributed by atoms with Crippen LogP contribution in [0.1, 0.15) is 23.6 Å². The van der Waals surface area contributed by atoms with Gasteiger partial charge in [-0.1, -0.05) is 17.7 Å². The molecule has 0 spiro atoms. The molecule has 0 fully saturated rings. The van der Waals surface area contributed by atoms with Gasteiger partial charge >= 0.3 is 0 Å². The van der Waals surface area contributed by atoms with Crippen LogP contribution in [0.15, 0.2) is 17.2 Å². The van der Waals surface area contributed by atoms with Crippen molar-refractivity contribution in [2.75, 3.05) is 5.43 Å². The van der Waals surface area contributed by atoms with Gasteiger partial charge in [0, 0.05) is 6.92 Å². The van der Waals surface area contributed by atoms with Crippen LogP contribution in [0.25, 0.3) is 0 Å². The van der Waals surface area contributed by atoms with E-state index >= 15 is 0 Å². The number of hydrogen-bond acceptors (Lipinski definition) is 3. The maximum Gasteiger partial charge on any atom is 0.172 e. The molecule has 3 nitrogen and oxygen atoms in total. The zero-order valence-corrected chi connectivity index (χ0v) is 9.59. The van der Waals surface area contributed by atoms with Gasteiger partial charge < -0.3 is 0 Å². The largest absolute Gasteiger partial charge is 0.293 e. The molecule has 0 unspecified atom stereocenters. The summed E-state index contributed by atoms with van der Waals surface area (Å²) < 4.78 is 0. The van der Waals surface area contributed by atoms with Crippen molar-refractivity contribution < 1.29 is 4.79 Å². The Labute approximate surface area is 90.2 Å². The molecule has 15 heavy (non-hydrogen) atoms. The van der Waals surface area contributed by atoms with Gasteiger partial charge in [0.2, 0.25) is 0 Å². The molecule has 0 radical (unpaired) electrons. The number of anilines is 1. The Morgan fingerprint density at radius 1 is 1.27 bits per heavy atom. The first-order chi connectivity index (χ1) is 7.00. The lowest BCUT2D eigenvalue weighted by molar-refractivity contribution is -0.110. The number of nitrogens with zero attached hydrogens (tertiary/aromatic N) is 1. The third-order valence-electron chi connectivity index (χ3n) is 2.10. The van der Waals surface area contributed by atoms with Crippen molar-refractivity contribution in [2.45, 2.75) is 27.7 Å². The van der Waals surface area contributed by atoms with E-state index in [-0.39, 0.29) is 5.78 Å². The molecule has 1 aromatic rings. The van der Waals surface area contributed by atoms with Gasteiger partial charge in [0.25, 0.3) is 0 Å². The third-order valence-corrected chi connectivity index (χ3v) is 2.10. The fourth-order valence-electron chi connectivity index (χ4n) is 1.54. The summed E-state index contributed by atoms with van der Waals surface area (Å²) in [5, 5.41) is 3.87. The Morgan fingerprint density at radius 2 is 1.80 bits per heavy atom. The van der Waals surface area contributed by atoms with Gasteiger partial charge in [-0.2, -0.15) is 5.10 Å². The summed E-state index contributed by atoms with van der Waals surface area (Å²) >= 11 is 0. The van der Waals surface area contributed by atoms with E-state index in [0.717, 1.165) is 16.8 Å². The summed E-state index contributed by atoms with van der Waals surface area (Å²) in [5.41, 5.74) is 7.35. The summed E-state index contributed by atoms with van der Waals surface area (Å²) in [6.45, 7) is 7.57. The fourth-order valence-corrected chi connectivity index (χ4v) is 1.54. The van der Waals surface area contributed by atoms with Crippen LogP contribution in [0.5, 0.6) is 0 Å². The molecule has 1 aromatic carbocycles. The van der Waals surface area contributed by atoms with E-state index in [4.69, 9.17) is 0 Å². The van der Waals surface area contributed by atoms with Crippen LogP contribution in [0.3, 0.4) is 0 Å². The second-order valence-electron chi connectivity index (χ2n) is 3.75. The fraction of sp³-hybridized carbons (Fsp3) is 0.333. The van der Waals surface area contributed by atoms with E-state index in [1.807, 2.05) is 13.8 Å². The summed E-state index contributed by atoms with van der Waals surface area (Å²) in [4.78, 5) is 10.7. The van der Waals surface area contributed by atoms with Crippen molar-refractivity contribution in [2.24, 2.45) is 5.10 Å². The topological polar surface area (TPSA) is 41.5 Å². The van der Waals surface area contributed by atoms with Crippen LogP contribution in [0, 0.1) is 20.8 Å². The Hall–Kier alpha value is -1.64. The lowest BCUT2D eigenvalue weighted by Crippen LogP contribution is -1.99. The lowest BCUT2D eigenvalue weighted by atomic mass is 10.1. The lowest BCUT2D eigenvalue weighted by Gasteiger charge is -2.09. The predicted molar refractivity (Wildman–Crippen MR) is 63.4 cm³/mol. The number of aryl methyl sites for hydroxylation is 3. The highest BCUT2D eigenvalue weighted by Crippen LogP contribution is 2.21. The number of rotatable bonds is 3. The molecular formula is C12H16N2O. The summed E-state index contributed by atoms with van der Waals surface area (Å²) in [6, 6.07) is 4.16. The van der Waals surface area contributed by atoms with Crippen molar-refractivity contribution in [1.29, 1.82) is 0 Å². The van der Waals surface area contributed by atoms with Crippen molar-refractivity contribution in [3.8, 4) is 0 Å². The summed E-state index contributed by atoms with van der Waals surface area (Å²) in [7, 11) is 0. The van der Waals surface area contributed by atoms with E-state index < -0.39 is 0 Å². The second kappa shape index (κ2) is 4.73. The molecule has 1 rings (SSSR count). The summed E-state index contributed by atoms with van der Waals surface area (Å²) in [5.74, 6) is -0.0649. The molecule has 3 heteroatoms. The van der Waals surface area contributed by atoms with Crippen molar-refractivity contribution >= 4 is 17.7 Å². The van der Waals surface area contributed by atoms with E-state index in [1.54, 1.807) is 0 Å². The normalized spacial score (nSPS) is 10.7. The molecule has 1 N–H and O–H groups in total. The molecule has 0 amide bonds. The first kappa shape index (κ1) is 11.4. The average molecular weight is 204 g/mol. The Bertz CT molecular complexity index is 385. The zero-order valence-electron chi connectivity index (χ0n) is 9.59. The Kier molecular flexibility index (Phi) is 3.61. The average Bonchev–Trinajstić information content (AvgIpc) is 2.08. The van der Waals surface area contributed by atoms with Crippen molar-refractivity contribution in [3.05, 3.63) is 28.8 Å². The number of hydrazone groups is 1. The van der Waals surface area contributed by atoms with Crippen LogP contribution in [0.2, 0.25) is 0 Å². The molecule has 0 aliphatic heterocycles. The minimum absolute atomic E-state index is 0.0649. The maximum atomic E-state index is 10.7. The van der Waals surface area contributed by atoms with Crippen LogP contribution in [-0.4, -0.2) is 12.0 Å². The SMILES string of the molecule is CC(=O)C=NNc1c(C)cc(C)cc1C. The van der Waals surface area contributed by atoms with E-state index in [1.165, 1.54) is 18.7 Å². The second-order valence-corrected chi connectivity index (χ2v) is 3.75. The van der Waals surface area contributed by atoms with Crippen LogP contribution in [-0.2, 0) is 4.79 Å². The summed E-state index contributed by atoms with van der Waals surface area (Å²) in [6.07, 6.45) is 1.28. The molecule has 0 atom stereocenters. The number of nitrogens with one attached hydrogen (secondary N) is 1. The molecule has 0 saturated carbocycles. The first-order valence-electron chi connectivity index (χ1n) is 4.88. The monoisotopic (exact) mass is 204 g/mol. The molecule has 0 aliphatic rings. The van der Waals surface area contributed by atoms with Crippen molar-refractivity contribution in [3.63, 3.8) is 0 Å². The van der Waals surface area contributed by atoms with Gasteiger partial charge in [0.05, 0.1) is 11.9 Å². The highest BCUT2D eigenvalue weighted by Gasteiger charge is 2.01. The van der Waals surface area contributed by atoms with E-state index in [0.29, 0.717) is 0 Å². The number of carbonyl (C=O) groups is 1. The number of carbonyl (C=O) groups excluding carboxylic acids is 1. The minimum atomic E-state index is -0.0649. The van der Waals surface area contributed by atoms with Gasteiger partial charge in [-0.15, -0.1) is 0 Å². The zero-order chi connectivity index (χ0) is 11.4. The van der Waals surface area contributed by atoms with Gasteiger partial charge in [-0.3, -0.25) is 10.2 Å². The molecule has 0 aliphatic carbocycles. The number of Topliss-reactive ketones (excluding diaryl/α,β-unsaturated/α-hetero) is 1. The van der Waals surface area contributed by atoms with Crippen molar-refractivity contribution in [1.82, 2.24) is 0 Å². The van der Waals surface area contributed by atoms with Gasteiger partial charge in [0.1, 0.15) is 0 Å². The third kappa shape index (κ3) is 3.20. The predicted octanol–water partition coefficient (Wildman–Crippen LogP) is 2.60.